The maximum atomic E-state index is 14.0. The van der Waals surface area contributed by atoms with Crippen molar-refractivity contribution in [2.75, 3.05) is 13.2 Å². The molecule has 0 aliphatic carbocycles. The van der Waals surface area contributed by atoms with Crippen LogP contribution < -0.4 is 19.6 Å². The number of halogens is 2. The van der Waals surface area contributed by atoms with E-state index in [2.05, 4.69) is 0 Å². The van der Waals surface area contributed by atoms with Crippen LogP contribution in [0.25, 0.3) is 11.8 Å². The number of nitrogens with zero attached hydrogens (tertiary/aromatic N) is 3. The van der Waals surface area contributed by atoms with Crippen LogP contribution in [0.15, 0.2) is 88.2 Å². The summed E-state index contributed by atoms with van der Waals surface area (Å²) in [6, 6.07) is 22.3. The molecule has 7 nitrogen and oxygen atoms in total. The lowest BCUT2D eigenvalue weighted by Crippen LogP contribution is -2.40. The number of carbonyl (C=O) groups excluding carboxylic acids is 1. The highest BCUT2D eigenvalue weighted by molar-refractivity contribution is 7.07. The smallest absolute Gasteiger partial charge is 0.338 e. The van der Waals surface area contributed by atoms with Gasteiger partial charge in [0.1, 0.15) is 11.8 Å². The van der Waals surface area contributed by atoms with Gasteiger partial charge in [0.2, 0.25) is 0 Å². The Bertz CT molecular complexity index is 1840. The van der Waals surface area contributed by atoms with Crippen molar-refractivity contribution in [3.63, 3.8) is 0 Å². The van der Waals surface area contributed by atoms with Gasteiger partial charge < -0.3 is 9.47 Å². The van der Waals surface area contributed by atoms with Gasteiger partial charge in [-0.05, 0) is 48.9 Å². The van der Waals surface area contributed by atoms with Crippen LogP contribution in [0.5, 0.6) is 5.75 Å². The number of hydrogen-bond acceptors (Lipinski definition) is 7. The molecule has 4 aromatic rings. The highest BCUT2D eigenvalue weighted by atomic mass is 35.5. The predicted octanol–water partition coefficient (Wildman–Crippen LogP) is 5.14. The van der Waals surface area contributed by atoms with Gasteiger partial charge in [-0.15, -0.1) is 0 Å². The van der Waals surface area contributed by atoms with Crippen molar-refractivity contribution in [3.8, 4) is 11.8 Å². The van der Waals surface area contributed by atoms with E-state index in [1.165, 1.54) is 15.9 Å². The van der Waals surface area contributed by atoms with E-state index in [1.807, 2.05) is 36.4 Å². The van der Waals surface area contributed by atoms with Crippen LogP contribution in [0.4, 0.5) is 0 Å². The van der Waals surface area contributed by atoms with Crippen molar-refractivity contribution >= 4 is 52.3 Å². The molecule has 0 fully saturated rings. The van der Waals surface area contributed by atoms with E-state index >= 15 is 0 Å². The second-order valence-corrected chi connectivity index (χ2v) is 10.5. The molecule has 0 saturated heterocycles. The second kappa shape index (κ2) is 11.9. The zero-order chi connectivity index (χ0) is 28.2. The monoisotopic (exact) mass is 589 g/mol. The molecular formula is C30H21Cl2N3O4S. The Morgan fingerprint density at radius 1 is 1.10 bits per heavy atom. The van der Waals surface area contributed by atoms with E-state index in [4.69, 9.17) is 42.9 Å². The first-order valence-electron chi connectivity index (χ1n) is 12.2. The summed E-state index contributed by atoms with van der Waals surface area (Å²) >= 11 is 13.6. The van der Waals surface area contributed by atoms with E-state index in [1.54, 1.807) is 55.5 Å². The molecule has 200 valence electrons. The summed E-state index contributed by atoms with van der Waals surface area (Å²) in [6.45, 7) is 1.72. The van der Waals surface area contributed by atoms with Crippen LogP contribution in [0.1, 0.15) is 29.7 Å². The number of aromatic nitrogens is 1. The van der Waals surface area contributed by atoms with Gasteiger partial charge in [-0.25, -0.2) is 9.79 Å². The van der Waals surface area contributed by atoms with Gasteiger partial charge >= 0.3 is 5.97 Å². The summed E-state index contributed by atoms with van der Waals surface area (Å²) in [5.41, 5.74) is 2.23. The number of rotatable bonds is 7. The molecule has 0 unspecified atom stereocenters. The van der Waals surface area contributed by atoms with Crippen LogP contribution in [-0.4, -0.2) is 23.8 Å². The predicted molar refractivity (Wildman–Crippen MR) is 155 cm³/mol. The number of esters is 1. The van der Waals surface area contributed by atoms with Gasteiger partial charge in [-0.3, -0.25) is 9.36 Å². The Morgan fingerprint density at radius 2 is 1.82 bits per heavy atom. The minimum atomic E-state index is -0.821. The summed E-state index contributed by atoms with van der Waals surface area (Å²) in [5, 5.41) is 9.94. The fraction of sp³-hybridized carbons (Fsp3) is 0.133. The van der Waals surface area contributed by atoms with E-state index in [-0.39, 0.29) is 24.3 Å². The van der Waals surface area contributed by atoms with Crippen LogP contribution in [0.3, 0.4) is 0 Å². The third-order valence-corrected chi connectivity index (χ3v) is 7.58. The highest BCUT2D eigenvalue weighted by Crippen LogP contribution is 2.35. The van der Waals surface area contributed by atoms with E-state index in [9.17, 15) is 9.59 Å². The summed E-state index contributed by atoms with van der Waals surface area (Å²) in [5.74, 6) is -0.162. The third kappa shape index (κ3) is 5.45. The molecule has 3 aromatic carbocycles. The molecule has 2 heterocycles. The van der Waals surface area contributed by atoms with Crippen LogP contribution in [-0.2, 0) is 9.53 Å². The molecule has 0 bridgehead atoms. The van der Waals surface area contributed by atoms with Gasteiger partial charge in [-0.1, -0.05) is 77.0 Å². The first-order valence-corrected chi connectivity index (χ1v) is 13.8. The molecule has 0 spiro atoms. The van der Waals surface area contributed by atoms with Crippen molar-refractivity contribution < 1.29 is 14.3 Å². The molecule has 0 N–H and O–H groups in total. The molecule has 5 rings (SSSR count). The normalized spacial score (nSPS) is 14.8. The van der Waals surface area contributed by atoms with E-state index in [0.29, 0.717) is 47.5 Å². The number of fused-ring (bicyclic) bond motifs is 1. The zero-order valence-electron chi connectivity index (χ0n) is 21.1. The molecule has 1 aliphatic heterocycles. The van der Waals surface area contributed by atoms with Gasteiger partial charge in [0, 0.05) is 21.2 Å². The fourth-order valence-electron chi connectivity index (χ4n) is 4.42. The Balaban J connectivity index is 1.81. The number of hydrogen-bond donors (Lipinski definition) is 0. The topological polar surface area (TPSA) is 93.7 Å². The van der Waals surface area contributed by atoms with E-state index in [0.717, 1.165) is 0 Å². The standard InChI is InChI=1S/C30H21Cl2N3O4S/c1-2-38-29(37)25-26(18-6-4-3-5-7-18)34-30-35(27(25)19-8-10-21(31)11-9-19)28(36)24(40-30)17-20-16-22(32)12-13-23(20)39-15-14-33/h3-13,16-17,27H,2,15H2,1H3/b24-17-/t27-/m0/s1. The molecule has 0 saturated carbocycles. The second-order valence-electron chi connectivity index (χ2n) is 8.61. The number of thiazole rings is 1. The van der Waals surface area contributed by atoms with E-state index < -0.39 is 12.0 Å². The number of nitriles is 1. The number of benzene rings is 3. The molecule has 1 aliphatic rings. The van der Waals surface area contributed by atoms with Gasteiger partial charge in [0.05, 0.1) is 28.5 Å². The fourth-order valence-corrected chi connectivity index (χ4v) is 5.71. The molecule has 40 heavy (non-hydrogen) atoms. The molecule has 10 heteroatoms. The third-order valence-electron chi connectivity index (χ3n) is 6.11. The van der Waals surface area contributed by atoms with Gasteiger partial charge in [-0.2, -0.15) is 5.26 Å². The lowest BCUT2D eigenvalue weighted by molar-refractivity contribution is -0.138. The van der Waals surface area contributed by atoms with Gasteiger partial charge in [0.25, 0.3) is 5.56 Å². The lowest BCUT2D eigenvalue weighted by Gasteiger charge is -2.25. The highest BCUT2D eigenvalue weighted by Gasteiger charge is 2.35. The SMILES string of the molecule is CCOC(=O)C1=C(c2ccccc2)N=c2s/c(=C\c3cc(Cl)ccc3OCC#N)c(=O)n2[C@H]1c1ccc(Cl)cc1. The van der Waals surface area contributed by atoms with Gasteiger partial charge in [0.15, 0.2) is 11.4 Å². The summed E-state index contributed by atoms with van der Waals surface area (Å²) < 4.78 is 12.9. The lowest BCUT2D eigenvalue weighted by atomic mass is 9.93. The maximum Gasteiger partial charge on any atom is 0.338 e. The average Bonchev–Trinajstić information content (AvgIpc) is 3.27. The summed E-state index contributed by atoms with van der Waals surface area (Å²) in [7, 11) is 0. The van der Waals surface area contributed by atoms with Crippen molar-refractivity contribution in [1.29, 1.82) is 5.26 Å². The molecule has 1 atom stereocenters. The number of carbonyl (C=O) groups is 1. The Labute approximate surface area is 243 Å². The Kier molecular flexibility index (Phi) is 8.17. The van der Waals surface area contributed by atoms with Crippen molar-refractivity contribution in [1.82, 2.24) is 4.57 Å². The average molecular weight is 590 g/mol. The molecular weight excluding hydrogens is 569 g/mol. The minimum absolute atomic E-state index is 0.155. The maximum absolute atomic E-state index is 14.0. The first-order chi connectivity index (χ1) is 19.4. The number of ether oxygens (including phenoxy) is 2. The molecule has 0 amide bonds. The summed E-state index contributed by atoms with van der Waals surface area (Å²) in [6.07, 6.45) is 1.65. The van der Waals surface area contributed by atoms with Crippen molar-refractivity contribution in [2.24, 2.45) is 4.99 Å². The molecule has 0 radical (unpaired) electrons. The molecule has 1 aromatic heterocycles. The van der Waals surface area contributed by atoms with Crippen LogP contribution in [0.2, 0.25) is 10.0 Å². The Hall–Kier alpha value is -4.16. The van der Waals surface area contributed by atoms with Crippen LogP contribution >= 0.6 is 34.5 Å². The first kappa shape index (κ1) is 27.4. The van der Waals surface area contributed by atoms with Crippen molar-refractivity contribution in [3.05, 3.63) is 125 Å². The summed E-state index contributed by atoms with van der Waals surface area (Å²) in [4.78, 5) is 32.7. The zero-order valence-corrected chi connectivity index (χ0v) is 23.5. The van der Waals surface area contributed by atoms with Crippen molar-refractivity contribution in [2.45, 2.75) is 13.0 Å². The Morgan fingerprint density at radius 3 is 2.52 bits per heavy atom. The minimum Gasteiger partial charge on any atom is -0.478 e. The quantitative estimate of drug-likeness (QED) is 0.278. The van der Waals surface area contributed by atoms with Crippen LogP contribution in [0, 0.1) is 11.3 Å². The largest absolute Gasteiger partial charge is 0.478 e.